The molecule has 0 unspecified atom stereocenters. The van der Waals surface area contributed by atoms with Crippen LogP contribution in [0, 0.1) is 0 Å². The molecule has 0 heterocycles. The number of carboxylic acid groups (broad SMARTS) is 1. The van der Waals surface area contributed by atoms with E-state index in [0.717, 1.165) is 29.1 Å². The van der Waals surface area contributed by atoms with Gasteiger partial charge in [-0.1, -0.05) is 25.5 Å². The fraction of sp³-hybridized carbons (Fsp3) is 0.385. The molecule has 2 aromatic rings. The molecule has 0 fully saturated rings. The fourth-order valence-corrected chi connectivity index (χ4v) is 4.13. The van der Waals surface area contributed by atoms with Crippen LogP contribution in [0.15, 0.2) is 41.3 Å². The van der Waals surface area contributed by atoms with E-state index in [-0.39, 0.29) is 30.2 Å². The second-order valence-electron chi connectivity index (χ2n) is 7.71. The molecule has 0 aliphatic heterocycles. The summed E-state index contributed by atoms with van der Waals surface area (Å²) in [7, 11) is 0. The highest BCUT2D eigenvalue weighted by atomic mass is 32.2. The number of hydrogen-bond donors (Lipinski definition) is 1. The summed E-state index contributed by atoms with van der Waals surface area (Å²) in [5, 5.41) is 8.69. The smallest absolute Gasteiger partial charge is 0.308 e. The third kappa shape index (κ3) is 8.33. The van der Waals surface area contributed by atoms with Gasteiger partial charge in [-0.05, 0) is 44.0 Å². The summed E-state index contributed by atoms with van der Waals surface area (Å²) in [6.07, 6.45) is 2.00. The number of ketones is 2. The highest BCUT2D eigenvalue weighted by Crippen LogP contribution is 2.34. The summed E-state index contributed by atoms with van der Waals surface area (Å²) in [5.41, 5.74) is 1.60. The number of esters is 1. The van der Waals surface area contributed by atoms with Crippen LogP contribution in [0.4, 0.5) is 0 Å². The molecule has 0 spiro atoms. The fourth-order valence-electron chi connectivity index (χ4n) is 3.30. The van der Waals surface area contributed by atoms with Gasteiger partial charge in [-0.2, -0.15) is 0 Å². The maximum atomic E-state index is 12.0. The lowest BCUT2D eigenvalue weighted by Gasteiger charge is -2.17. The Kier molecular flexibility index (Phi) is 10.8. The molecular formula is C26H30O7S. The number of thioether (sulfide) groups is 1. The number of carbonyl (C=O) groups is 4. The lowest BCUT2D eigenvalue weighted by molar-refractivity contribution is -0.137. The zero-order chi connectivity index (χ0) is 25.1. The standard InChI is InChI=1S/C26H30O7S/c1-4-6-22-24(13-11-21(17(2)27)26(22)33-18(3)28)32-15-5-16-34-20-9-7-19(8-10-20)23(29)12-14-25(30)31/h7-11,13H,4-6,12,14-16H2,1-3H3,(H,30,31). The Hall–Kier alpha value is -3.13. The summed E-state index contributed by atoms with van der Waals surface area (Å²) in [5.74, 6) is -0.142. The largest absolute Gasteiger partial charge is 0.493 e. The predicted molar refractivity (Wildman–Crippen MR) is 130 cm³/mol. The van der Waals surface area contributed by atoms with Gasteiger partial charge < -0.3 is 14.6 Å². The Balaban J connectivity index is 1.93. The number of hydrogen-bond acceptors (Lipinski definition) is 7. The minimum atomic E-state index is -0.984. The van der Waals surface area contributed by atoms with E-state index >= 15 is 0 Å². The van der Waals surface area contributed by atoms with E-state index in [1.807, 2.05) is 19.1 Å². The van der Waals surface area contributed by atoms with Crippen molar-refractivity contribution in [3.63, 3.8) is 0 Å². The van der Waals surface area contributed by atoms with Gasteiger partial charge in [-0.3, -0.25) is 19.2 Å². The highest BCUT2D eigenvalue weighted by Gasteiger charge is 2.19. The average Bonchev–Trinajstić information content (AvgIpc) is 2.79. The van der Waals surface area contributed by atoms with Crippen molar-refractivity contribution in [2.45, 2.75) is 57.8 Å². The second kappa shape index (κ2) is 13.5. The number of carboxylic acids is 1. The molecule has 1 N–H and O–H groups in total. The van der Waals surface area contributed by atoms with Gasteiger partial charge in [0.2, 0.25) is 0 Å². The quantitative estimate of drug-likeness (QED) is 0.125. The van der Waals surface area contributed by atoms with Gasteiger partial charge in [0.25, 0.3) is 0 Å². The molecule has 8 heteroatoms. The van der Waals surface area contributed by atoms with Crippen LogP contribution in [0.2, 0.25) is 0 Å². The van der Waals surface area contributed by atoms with Crippen molar-refractivity contribution in [1.82, 2.24) is 0 Å². The van der Waals surface area contributed by atoms with Crippen molar-refractivity contribution in [3.05, 3.63) is 53.1 Å². The number of rotatable bonds is 14. The maximum absolute atomic E-state index is 12.0. The summed E-state index contributed by atoms with van der Waals surface area (Å²) in [6.45, 7) is 5.20. The van der Waals surface area contributed by atoms with Crippen LogP contribution in [-0.2, 0) is 16.0 Å². The van der Waals surface area contributed by atoms with Crippen LogP contribution >= 0.6 is 11.8 Å². The third-order valence-electron chi connectivity index (χ3n) is 4.90. The first-order valence-corrected chi connectivity index (χ1v) is 12.2. The lowest BCUT2D eigenvalue weighted by atomic mass is 10.0. The van der Waals surface area contributed by atoms with Crippen molar-refractivity contribution in [2.75, 3.05) is 12.4 Å². The highest BCUT2D eigenvalue weighted by molar-refractivity contribution is 7.99. The summed E-state index contributed by atoms with van der Waals surface area (Å²) in [4.78, 5) is 47.2. The molecular weight excluding hydrogens is 456 g/mol. The summed E-state index contributed by atoms with van der Waals surface area (Å²) < 4.78 is 11.3. The predicted octanol–water partition coefficient (Wildman–Crippen LogP) is 5.38. The van der Waals surface area contributed by atoms with E-state index in [9.17, 15) is 19.2 Å². The average molecular weight is 487 g/mol. The number of Topliss-reactive ketones (excluding diaryl/α,β-unsaturated/α-hetero) is 2. The van der Waals surface area contributed by atoms with E-state index < -0.39 is 11.9 Å². The molecule has 0 amide bonds. The number of benzene rings is 2. The molecule has 34 heavy (non-hydrogen) atoms. The molecule has 0 saturated heterocycles. The molecule has 0 saturated carbocycles. The Morgan fingerprint density at radius 3 is 2.26 bits per heavy atom. The Morgan fingerprint density at radius 2 is 1.68 bits per heavy atom. The molecule has 0 bridgehead atoms. The van der Waals surface area contributed by atoms with Crippen molar-refractivity contribution < 1.29 is 33.8 Å². The van der Waals surface area contributed by atoms with Gasteiger partial charge in [-0.25, -0.2) is 0 Å². The van der Waals surface area contributed by atoms with E-state index in [4.69, 9.17) is 14.6 Å². The molecule has 182 valence electrons. The van der Waals surface area contributed by atoms with Crippen LogP contribution in [0.1, 0.15) is 72.7 Å². The van der Waals surface area contributed by atoms with Crippen LogP contribution < -0.4 is 9.47 Å². The van der Waals surface area contributed by atoms with Gasteiger partial charge in [-0.15, -0.1) is 11.8 Å². The second-order valence-corrected chi connectivity index (χ2v) is 8.88. The SMILES string of the molecule is CCCc1c(OCCCSc2ccc(C(=O)CCC(=O)O)cc2)ccc(C(C)=O)c1OC(C)=O. The molecule has 0 aromatic heterocycles. The van der Waals surface area contributed by atoms with Crippen LogP contribution in [0.5, 0.6) is 11.5 Å². The minimum Gasteiger partial charge on any atom is -0.493 e. The van der Waals surface area contributed by atoms with E-state index in [2.05, 4.69) is 0 Å². The van der Waals surface area contributed by atoms with Crippen molar-refractivity contribution in [2.24, 2.45) is 0 Å². The van der Waals surface area contributed by atoms with Crippen molar-refractivity contribution >= 4 is 35.3 Å². The third-order valence-corrected chi connectivity index (χ3v) is 6.00. The lowest BCUT2D eigenvalue weighted by Crippen LogP contribution is -2.11. The topological polar surface area (TPSA) is 107 Å². The summed E-state index contributed by atoms with van der Waals surface area (Å²) >= 11 is 1.63. The van der Waals surface area contributed by atoms with E-state index in [0.29, 0.717) is 29.9 Å². The number of ether oxygens (including phenoxy) is 2. The molecule has 2 aromatic carbocycles. The minimum absolute atomic E-state index is 0.00819. The van der Waals surface area contributed by atoms with Gasteiger partial charge in [0.15, 0.2) is 11.6 Å². The molecule has 0 aliphatic rings. The van der Waals surface area contributed by atoms with Gasteiger partial charge in [0.1, 0.15) is 11.5 Å². The van der Waals surface area contributed by atoms with Crippen LogP contribution in [0.3, 0.4) is 0 Å². The first-order valence-electron chi connectivity index (χ1n) is 11.2. The molecule has 0 radical (unpaired) electrons. The van der Waals surface area contributed by atoms with E-state index in [1.54, 1.807) is 36.0 Å². The maximum Gasteiger partial charge on any atom is 0.308 e. The van der Waals surface area contributed by atoms with Crippen LogP contribution in [0.25, 0.3) is 0 Å². The van der Waals surface area contributed by atoms with Gasteiger partial charge in [0.05, 0.1) is 18.6 Å². The van der Waals surface area contributed by atoms with Gasteiger partial charge >= 0.3 is 11.9 Å². The van der Waals surface area contributed by atoms with Gasteiger partial charge in [0, 0.05) is 35.1 Å². The zero-order valence-corrected chi connectivity index (χ0v) is 20.5. The number of carbonyl (C=O) groups excluding carboxylic acids is 3. The van der Waals surface area contributed by atoms with E-state index in [1.165, 1.54) is 13.8 Å². The van der Waals surface area contributed by atoms with Crippen LogP contribution in [-0.4, -0.2) is 41.0 Å². The first-order chi connectivity index (χ1) is 16.2. The monoisotopic (exact) mass is 486 g/mol. The normalized spacial score (nSPS) is 10.6. The molecule has 0 aliphatic carbocycles. The zero-order valence-electron chi connectivity index (χ0n) is 19.7. The number of aliphatic carboxylic acids is 1. The molecule has 0 atom stereocenters. The molecule has 7 nitrogen and oxygen atoms in total. The van der Waals surface area contributed by atoms with Crippen molar-refractivity contribution in [3.8, 4) is 11.5 Å². The summed E-state index contributed by atoms with van der Waals surface area (Å²) in [6, 6.07) is 10.5. The molecule has 2 rings (SSSR count). The van der Waals surface area contributed by atoms with Crippen molar-refractivity contribution in [1.29, 1.82) is 0 Å². The Bertz CT molecular complexity index is 1030. The first kappa shape index (κ1) is 27.1. The Morgan fingerprint density at radius 1 is 0.971 bits per heavy atom. The Labute approximate surface area is 203 Å².